The minimum atomic E-state index is -0.594. The number of benzene rings is 2. The smallest absolute Gasteiger partial charge is 0.165 e. The molecule has 0 radical (unpaired) electrons. The zero-order valence-corrected chi connectivity index (χ0v) is 25.6. The Morgan fingerprint density at radius 2 is 1.30 bits per heavy atom. The Balaban J connectivity index is 0.000000123. The Morgan fingerprint density at radius 3 is 1.86 bits per heavy atom. The second kappa shape index (κ2) is 9.25. The van der Waals surface area contributed by atoms with Crippen molar-refractivity contribution in [3.8, 4) is 23.0 Å². The van der Waals surface area contributed by atoms with Crippen LogP contribution in [-0.4, -0.2) is 95.4 Å². The van der Waals surface area contributed by atoms with Gasteiger partial charge in [0, 0.05) is 45.9 Å². The maximum Gasteiger partial charge on any atom is 0.165 e. The Hall–Kier alpha value is -3.04. The van der Waals surface area contributed by atoms with Crippen LogP contribution in [-0.2, 0) is 23.7 Å². The third kappa shape index (κ3) is 3.22. The van der Waals surface area contributed by atoms with Crippen LogP contribution >= 0.6 is 0 Å². The van der Waals surface area contributed by atoms with Crippen LogP contribution in [0, 0.1) is 11.8 Å². The van der Waals surface area contributed by atoms with Crippen molar-refractivity contribution in [1.82, 2.24) is 9.80 Å². The number of aliphatic hydroxyl groups is 2. The molecule has 0 aromatic heterocycles. The van der Waals surface area contributed by atoms with Gasteiger partial charge in [-0.2, -0.15) is 0 Å². The lowest BCUT2D eigenvalue weighted by Crippen LogP contribution is -2.64. The maximum atomic E-state index is 10.6. The number of rotatable bonds is 2. The van der Waals surface area contributed by atoms with Gasteiger partial charge < -0.3 is 39.3 Å². The van der Waals surface area contributed by atoms with Gasteiger partial charge in [0.2, 0.25) is 0 Å². The van der Waals surface area contributed by atoms with Gasteiger partial charge in [0.15, 0.2) is 23.0 Å². The van der Waals surface area contributed by atoms with Crippen LogP contribution in [0.2, 0.25) is 0 Å². The number of phenols is 1. The molecule has 0 saturated carbocycles. The van der Waals surface area contributed by atoms with Gasteiger partial charge in [-0.15, -0.1) is 0 Å². The summed E-state index contributed by atoms with van der Waals surface area (Å²) in [6.07, 6.45) is 10.7. The Bertz CT molecular complexity index is 1610. The molecule has 4 bridgehead atoms. The van der Waals surface area contributed by atoms with Crippen molar-refractivity contribution in [1.29, 1.82) is 0 Å². The van der Waals surface area contributed by atoms with E-state index in [4.69, 9.17) is 14.2 Å². The number of ether oxygens (including phenoxy) is 3. The Labute approximate surface area is 258 Å². The van der Waals surface area contributed by atoms with Crippen molar-refractivity contribution in [3.05, 3.63) is 70.8 Å². The van der Waals surface area contributed by atoms with E-state index in [1.165, 1.54) is 22.3 Å². The summed E-state index contributed by atoms with van der Waals surface area (Å²) in [6.45, 7) is 4.69. The van der Waals surface area contributed by atoms with Crippen molar-refractivity contribution < 1.29 is 29.5 Å². The van der Waals surface area contributed by atoms with Crippen LogP contribution in [0.25, 0.3) is 0 Å². The summed E-state index contributed by atoms with van der Waals surface area (Å²) < 4.78 is 18.3. The molecule has 0 amide bonds. The fraction of sp³-hybridized carbons (Fsp3) is 0.556. The average Bonchev–Trinajstić information content (AvgIpc) is 3.56. The van der Waals surface area contributed by atoms with E-state index >= 15 is 0 Å². The molecular formula is C36H42N2O6. The van der Waals surface area contributed by atoms with Gasteiger partial charge in [0.05, 0.1) is 6.61 Å². The SMILES string of the molecule is [13CH3]N1CC[C@]23c4c5ccc(O)c4OC2[C@@H](O)C=CC3[C@H]1C5.[13CH3][13CH2]Oc1ccc2c3c1OC1[C@@H](O)C=CC4[C@@H](C2)N([13CH3])CC[C@@]341. The van der Waals surface area contributed by atoms with E-state index in [-0.39, 0.29) is 28.8 Å². The zero-order chi connectivity index (χ0) is 30.1. The number of likely N-dealkylation sites (N-methyl/N-ethyl adjacent to an activating group) is 2. The first kappa shape index (κ1) is 27.3. The van der Waals surface area contributed by atoms with Gasteiger partial charge in [0.1, 0.15) is 24.4 Å². The summed E-state index contributed by atoms with van der Waals surface area (Å²) in [5.41, 5.74) is 4.91. The van der Waals surface area contributed by atoms with E-state index in [0.717, 1.165) is 50.3 Å². The third-order valence-electron chi connectivity index (χ3n) is 12.6. The molecule has 232 valence electrons. The van der Waals surface area contributed by atoms with Crippen molar-refractivity contribution in [3.63, 3.8) is 0 Å². The van der Waals surface area contributed by atoms with E-state index in [0.29, 0.717) is 36.3 Å². The number of hydrogen-bond acceptors (Lipinski definition) is 8. The van der Waals surface area contributed by atoms with Crippen LogP contribution < -0.4 is 14.2 Å². The molecule has 44 heavy (non-hydrogen) atoms. The molecule has 2 saturated heterocycles. The Morgan fingerprint density at radius 1 is 0.773 bits per heavy atom. The molecule has 2 fully saturated rings. The van der Waals surface area contributed by atoms with Crippen molar-refractivity contribution in [2.45, 2.75) is 79.9 Å². The van der Waals surface area contributed by atoms with Crippen molar-refractivity contribution in [2.24, 2.45) is 11.8 Å². The van der Waals surface area contributed by atoms with Gasteiger partial charge in [-0.1, -0.05) is 36.4 Å². The normalized spacial score (nSPS) is 41.1. The number of phenolic OH excluding ortho intramolecular Hbond substituents is 1. The highest BCUT2D eigenvalue weighted by molar-refractivity contribution is 5.63. The fourth-order valence-electron chi connectivity index (χ4n) is 10.7. The van der Waals surface area contributed by atoms with E-state index in [1.807, 2.05) is 31.2 Å². The first-order valence-corrected chi connectivity index (χ1v) is 16.4. The van der Waals surface area contributed by atoms with Crippen LogP contribution in [0.4, 0.5) is 0 Å². The number of hydrogen-bond donors (Lipinski definition) is 3. The minimum absolute atomic E-state index is 0.0820. The second-order valence-corrected chi connectivity index (χ2v) is 14.3. The molecule has 2 spiro atoms. The highest BCUT2D eigenvalue weighted by Crippen LogP contribution is 2.64. The van der Waals surface area contributed by atoms with Crippen LogP contribution in [0.15, 0.2) is 48.6 Å². The van der Waals surface area contributed by atoms with Gasteiger partial charge in [0.25, 0.3) is 0 Å². The van der Waals surface area contributed by atoms with Crippen LogP contribution in [0.1, 0.15) is 42.0 Å². The largest absolute Gasteiger partial charge is 0.504 e. The highest BCUT2D eigenvalue weighted by Gasteiger charge is 2.65. The van der Waals surface area contributed by atoms with Gasteiger partial charge in [-0.25, -0.2) is 0 Å². The summed E-state index contributed by atoms with van der Waals surface area (Å²) in [5, 5.41) is 31.3. The first-order valence-electron chi connectivity index (χ1n) is 16.4. The summed E-state index contributed by atoms with van der Waals surface area (Å²) in [5.74, 6) is 3.33. The summed E-state index contributed by atoms with van der Waals surface area (Å²) in [4.78, 5) is 4.91. The van der Waals surface area contributed by atoms with Crippen molar-refractivity contribution >= 4 is 0 Å². The molecule has 3 N–H and O–H groups in total. The van der Waals surface area contributed by atoms with Crippen LogP contribution in [0.3, 0.4) is 0 Å². The topological polar surface area (TPSA) is 94.9 Å². The molecule has 2 aromatic carbocycles. The number of aliphatic hydroxyl groups excluding tert-OH is 2. The lowest BCUT2D eigenvalue weighted by Gasteiger charge is -2.56. The maximum absolute atomic E-state index is 10.6. The molecule has 2 aromatic rings. The number of nitrogens with zero attached hydrogens (tertiary/aromatic N) is 2. The molecule has 4 aliphatic heterocycles. The summed E-state index contributed by atoms with van der Waals surface area (Å²) >= 11 is 0. The summed E-state index contributed by atoms with van der Waals surface area (Å²) in [6, 6.07) is 8.98. The third-order valence-corrected chi connectivity index (χ3v) is 12.6. The molecule has 8 heteroatoms. The van der Waals surface area contributed by atoms with E-state index in [9.17, 15) is 15.3 Å². The second-order valence-electron chi connectivity index (χ2n) is 14.3. The van der Waals surface area contributed by atoms with E-state index < -0.39 is 12.2 Å². The number of likely N-dealkylation sites (tertiary alicyclic amines) is 2. The molecular weight excluding hydrogens is 560 g/mol. The number of piperidine rings is 2. The highest BCUT2D eigenvalue weighted by atomic mass is 16.6. The number of aromatic hydroxyl groups is 1. The van der Waals surface area contributed by atoms with E-state index in [1.54, 1.807) is 6.07 Å². The molecule has 4 unspecified atom stereocenters. The van der Waals surface area contributed by atoms with Crippen molar-refractivity contribution in [2.75, 3.05) is 33.8 Å². The first-order chi connectivity index (χ1) is 21.3. The lowest BCUT2D eigenvalue weighted by atomic mass is 9.53. The van der Waals surface area contributed by atoms with Gasteiger partial charge in [-0.3, -0.25) is 0 Å². The monoisotopic (exact) mass is 602 g/mol. The molecule has 10 atom stereocenters. The standard InChI is InChI=1S/C19H23NO3.C17H19NO3/c1-3-22-15-7-4-11-10-13-12-5-6-14(21)18-19(12,8-9-20(13)2)16(11)17(15)23-18;1-18-7-6-17-10-3-5-13(20)16(17)21-15-12(19)4-2-9(14(15)17)8-11(10)18/h4-7,12-14,18,21H,3,8-10H2,1-2H3;2-5,10-11,13,16,19-20H,6-8H2,1H3/t12?,13-,14+,18?,19+;10?,11-,13+,16?,17+/m11/s1/i1+1,2+1,3+1;1+1. The van der Waals surface area contributed by atoms with Gasteiger partial charge >= 0.3 is 0 Å². The molecule has 8 nitrogen and oxygen atoms in total. The predicted octanol–water partition coefficient (Wildman–Crippen LogP) is 3.09. The molecule has 8 aliphatic rings. The predicted molar refractivity (Wildman–Crippen MR) is 165 cm³/mol. The van der Waals surface area contributed by atoms with E-state index in [2.05, 4.69) is 42.1 Å². The zero-order valence-electron chi connectivity index (χ0n) is 25.6. The lowest BCUT2D eigenvalue weighted by molar-refractivity contribution is -0.0454. The fourth-order valence-corrected chi connectivity index (χ4v) is 10.7. The molecule has 4 aliphatic carbocycles. The minimum Gasteiger partial charge on any atom is -0.504 e. The Kier molecular flexibility index (Phi) is 5.74. The quantitative estimate of drug-likeness (QED) is 0.357. The molecule has 4 heterocycles. The van der Waals surface area contributed by atoms with Gasteiger partial charge in [-0.05, 0) is 83.1 Å². The summed E-state index contributed by atoms with van der Waals surface area (Å²) in [7, 11) is 4.41. The average molecular weight is 603 g/mol. The van der Waals surface area contributed by atoms with Crippen LogP contribution in [0.5, 0.6) is 23.0 Å². The molecule has 10 rings (SSSR count).